The van der Waals surface area contributed by atoms with Gasteiger partial charge < -0.3 is 9.47 Å². The average molecular weight is 271 g/mol. The molecule has 0 radical (unpaired) electrons. The molecule has 0 saturated heterocycles. The van der Waals surface area contributed by atoms with Crippen LogP contribution >= 0.6 is 11.6 Å². The number of carbonyl (C=O) groups excluding carboxylic acids is 1. The maximum atomic E-state index is 11.8. The van der Waals surface area contributed by atoms with E-state index in [0.717, 1.165) is 0 Å². The predicted molar refractivity (Wildman–Crippen MR) is 72.0 cm³/mol. The van der Waals surface area contributed by atoms with E-state index >= 15 is 0 Å². The molecule has 0 spiro atoms. The number of carbonyl (C=O) groups is 1. The SMILES string of the molecule is CC(COC(C)(C)C)OC(=O)c1cccc(Cl)c1. The zero-order valence-corrected chi connectivity index (χ0v) is 12.0. The fraction of sp³-hybridized carbons (Fsp3) is 0.500. The summed E-state index contributed by atoms with van der Waals surface area (Å²) in [6, 6.07) is 6.69. The van der Waals surface area contributed by atoms with Crippen LogP contribution in [0, 0.1) is 0 Å². The summed E-state index contributed by atoms with van der Waals surface area (Å²) in [6.07, 6.45) is -0.296. The van der Waals surface area contributed by atoms with Crippen molar-refractivity contribution in [2.45, 2.75) is 39.4 Å². The highest BCUT2D eigenvalue weighted by Crippen LogP contribution is 2.13. The Morgan fingerprint density at radius 2 is 2.06 bits per heavy atom. The number of esters is 1. The Hall–Kier alpha value is -1.06. The van der Waals surface area contributed by atoms with Crippen LogP contribution in [0.15, 0.2) is 24.3 Å². The molecule has 0 fully saturated rings. The lowest BCUT2D eigenvalue weighted by molar-refractivity contribution is -0.0531. The first-order valence-electron chi connectivity index (χ1n) is 5.88. The minimum Gasteiger partial charge on any atom is -0.457 e. The van der Waals surface area contributed by atoms with Crippen LogP contribution in [0.3, 0.4) is 0 Å². The lowest BCUT2D eigenvalue weighted by Gasteiger charge is -2.22. The summed E-state index contributed by atoms with van der Waals surface area (Å²) in [6.45, 7) is 8.04. The standard InChI is InChI=1S/C14H19ClO3/c1-10(9-17-14(2,3)4)18-13(16)11-6-5-7-12(15)8-11/h5-8,10H,9H2,1-4H3. The van der Waals surface area contributed by atoms with Gasteiger partial charge in [-0.25, -0.2) is 4.79 Å². The molecule has 4 heteroatoms. The highest BCUT2D eigenvalue weighted by molar-refractivity contribution is 6.30. The van der Waals surface area contributed by atoms with Crippen LogP contribution in [-0.4, -0.2) is 24.3 Å². The van der Waals surface area contributed by atoms with E-state index in [1.807, 2.05) is 20.8 Å². The van der Waals surface area contributed by atoms with Crippen molar-refractivity contribution in [3.8, 4) is 0 Å². The van der Waals surface area contributed by atoms with Gasteiger partial charge in [-0.15, -0.1) is 0 Å². The monoisotopic (exact) mass is 270 g/mol. The van der Waals surface area contributed by atoms with Crippen molar-refractivity contribution >= 4 is 17.6 Å². The molecule has 0 aromatic heterocycles. The Bertz CT molecular complexity index is 410. The summed E-state index contributed by atoms with van der Waals surface area (Å²) in [5, 5.41) is 0.517. The Morgan fingerprint density at radius 1 is 1.39 bits per heavy atom. The first kappa shape index (κ1) is 15.0. The van der Waals surface area contributed by atoms with E-state index in [9.17, 15) is 4.79 Å². The molecule has 1 aromatic carbocycles. The van der Waals surface area contributed by atoms with Gasteiger partial charge in [0.1, 0.15) is 6.10 Å². The second kappa shape index (κ2) is 6.21. The lowest BCUT2D eigenvalue weighted by Crippen LogP contribution is -2.27. The molecule has 0 heterocycles. The predicted octanol–water partition coefficient (Wildman–Crippen LogP) is 3.70. The van der Waals surface area contributed by atoms with Crippen molar-refractivity contribution in [1.82, 2.24) is 0 Å². The summed E-state index contributed by atoms with van der Waals surface area (Å²) < 4.78 is 10.8. The molecule has 18 heavy (non-hydrogen) atoms. The molecule has 0 aliphatic carbocycles. The summed E-state index contributed by atoms with van der Waals surface area (Å²) in [5.41, 5.74) is 0.210. The van der Waals surface area contributed by atoms with E-state index < -0.39 is 0 Å². The molecule has 1 unspecified atom stereocenters. The van der Waals surface area contributed by atoms with Gasteiger partial charge in [-0.3, -0.25) is 0 Å². The number of ether oxygens (including phenoxy) is 2. The Kier molecular flexibility index (Phi) is 5.17. The van der Waals surface area contributed by atoms with Crippen LogP contribution in [0.2, 0.25) is 5.02 Å². The van der Waals surface area contributed by atoms with Gasteiger partial charge in [0, 0.05) is 5.02 Å². The number of rotatable bonds is 4. The molecular weight excluding hydrogens is 252 g/mol. The first-order chi connectivity index (χ1) is 8.28. The van der Waals surface area contributed by atoms with Crippen molar-refractivity contribution < 1.29 is 14.3 Å². The zero-order chi connectivity index (χ0) is 13.8. The van der Waals surface area contributed by atoms with Crippen LogP contribution in [0.5, 0.6) is 0 Å². The van der Waals surface area contributed by atoms with Gasteiger partial charge in [0.2, 0.25) is 0 Å². The number of halogens is 1. The Balaban J connectivity index is 2.50. The number of hydrogen-bond donors (Lipinski definition) is 0. The van der Waals surface area contributed by atoms with Gasteiger partial charge >= 0.3 is 5.97 Å². The van der Waals surface area contributed by atoms with Crippen LogP contribution in [-0.2, 0) is 9.47 Å². The van der Waals surface area contributed by atoms with Crippen LogP contribution in [0.1, 0.15) is 38.1 Å². The highest BCUT2D eigenvalue weighted by atomic mass is 35.5. The maximum absolute atomic E-state index is 11.8. The highest BCUT2D eigenvalue weighted by Gasteiger charge is 2.16. The molecule has 1 rings (SSSR count). The fourth-order valence-electron chi connectivity index (χ4n) is 1.27. The fourth-order valence-corrected chi connectivity index (χ4v) is 1.46. The van der Waals surface area contributed by atoms with Gasteiger partial charge in [-0.2, -0.15) is 0 Å². The summed E-state index contributed by atoms with van der Waals surface area (Å²) in [4.78, 5) is 11.8. The number of hydrogen-bond acceptors (Lipinski definition) is 3. The van der Waals surface area contributed by atoms with E-state index in [-0.39, 0.29) is 17.7 Å². The summed E-state index contributed by atoms with van der Waals surface area (Å²) in [5.74, 6) is -0.387. The molecular formula is C14H19ClO3. The van der Waals surface area contributed by atoms with Gasteiger partial charge in [0.05, 0.1) is 17.8 Å². The van der Waals surface area contributed by atoms with Crippen molar-refractivity contribution in [2.75, 3.05) is 6.61 Å². The largest absolute Gasteiger partial charge is 0.457 e. The topological polar surface area (TPSA) is 35.5 Å². The molecule has 1 aromatic rings. The van der Waals surface area contributed by atoms with E-state index in [1.54, 1.807) is 31.2 Å². The second-order valence-corrected chi connectivity index (χ2v) is 5.59. The van der Waals surface area contributed by atoms with E-state index in [2.05, 4.69) is 0 Å². The molecule has 1 atom stereocenters. The molecule has 0 saturated carbocycles. The van der Waals surface area contributed by atoms with E-state index in [1.165, 1.54) is 0 Å². The first-order valence-corrected chi connectivity index (χ1v) is 6.26. The molecule has 0 amide bonds. The minimum absolute atomic E-state index is 0.239. The third kappa shape index (κ3) is 5.52. The lowest BCUT2D eigenvalue weighted by atomic mass is 10.2. The number of benzene rings is 1. The van der Waals surface area contributed by atoms with Gasteiger partial charge in [0.15, 0.2) is 0 Å². The van der Waals surface area contributed by atoms with Crippen molar-refractivity contribution in [1.29, 1.82) is 0 Å². The normalized spacial score (nSPS) is 13.2. The Morgan fingerprint density at radius 3 is 2.61 bits per heavy atom. The third-order valence-corrected chi connectivity index (χ3v) is 2.35. The van der Waals surface area contributed by atoms with Crippen molar-refractivity contribution in [3.63, 3.8) is 0 Å². The quantitative estimate of drug-likeness (QED) is 0.783. The molecule has 3 nitrogen and oxygen atoms in total. The molecule has 0 aliphatic heterocycles. The molecule has 100 valence electrons. The van der Waals surface area contributed by atoms with Crippen LogP contribution in [0.25, 0.3) is 0 Å². The third-order valence-electron chi connectivity index (χ3n) is 2.12. The van der Waals surface area contributed by atoms with Gasteiger partial charge in [0.25, 0.3) is 0 Å². The van der Waals surface area contributed by atoms with E-state index in [0.29, 0.717) is 17.2 Å². The smallest absolute Gasteiger partial charge is 0.338 e. The zero-order valence-electron chi connectivity index (χ0n) is 11.2. The van der Waals surface area contributed by atoms with Crippen LogP contribution < -0.4 is 0 Å². The summed E-state index contributed by atoms with van der Waals surface area (Å²) >= 11 is 5.81. The molecule has 0 aliphatic rings. The Labute approximate surface area is 113 Å². The van der Waals surface area contributed by atoms with E-state index in [4.69, 9.17) is 21.1 Å². The van der Waals surface area contributed by atoms with Gasteiger partial charge in [-0.1, -0.05) is 17.7 Å². The minimum atomic E-state index is -0.387. The molecule has 0 bridgehead atoms. The van der Waals surface area contributed by atoms with Crippen LogP contribution in [0.4, 0.5) is 0 Å². The van der Waals surface area contributed by atoms with Gasteiger partial charge in [-0.05, 0) is 45.9 Å². The second-order valence-electron chi connectivity index (χ2n) is 5.15. The average Bonchev–Trinajstić information content (AvgIpc) is 2.25. The van der Waals surface area contributed by atoms with Crippen molar-refractivity contribution in [2.24, 2.45) is 0 Å². The molecule has 0 N–H and O–H groups in total. The van der Waals surface area contributed by atoms with Crippen molar-refractivity contribution in [3.05, 3.63) is 34.9 Å². The summed E-state index contributed by atoms with van der Waals surface area (Å²) in [7, 11) is 0. The maximum Gasteiger partial charge on any atom is 0.338 e.